The molecule has 4 nitrogen and oxygen atoms in total. The van der Waals surface area contributed by atoms with Crippen LogP contribution in [0, 0.1) is 5.82 Å². The maximum absolute atomic E-state index is 13.7. The van der Waals surface area contributed by atoms with Crippen molar-refractivity contribution in [3.05, 3.63) is 75.7 Å². The number of nitrogens with zero attached hydrogens (tertiary/aromatic N) is 2. The molecule has 0 aliphatic heterocycles. The quantitative estimate of drug-likeness (QED) is 0.701. The van der Waals surface area contributed by atoms with E-state index in [0.717, 1.165) is 16.2 Å². The van der Waals surface area contributed by atoms with Gasteiger partial charge in [-0.3, -0.25) is 4.79 Å². The molecule has 116 valence electrons. The van der Waals surface area contributed by atoms with E-state index in [1.807, 2.05) is 0 Å². The van der Waals surface area contributed by atoms with Crippen LogP contribution in [-0.2, 0) is 0 Å². The van der Waals surface area contributed by atoms with Gasteiger partial charge in [0.15, 0.2) is 0 Å². The molecular formula is C16H10BrClFN3O. The van der Waals surface area contributed by atoms with E-state index in [4.69, 9.17) is 11.6 Å². The Hall–Kier alpha value is -2.18. The number of rotatable bonds is 3. The van der Waals surface area contributed by atoms with Crippen LogP contribution in [-0.4, -0.2) is 15.7 Å². The predicted molar refractivity (Wildman–Crippen MR) is 90.6 cm³/mol. The monoisotopic (exact) mass is 393 g/mol. The summed E-state index contributed by atoms with van der Waals surface area (Å²) in [5.74, 6) is -0.983. The van der Waals surface area contributed by atoms with Crippen LogP contribution in [0.25, 0.3) is 5.69 Å². The number of halogens is 3. The van der Waals surface area contributed by atoms with E-state index in [1.54, 1.807) is 41.3 Å². The first kappa shape index (κ1) is 15.7. The first-order chi connectivity index (χ1) is 11.0. The summed E-state index contributed by atoms with van der Waals surface area (Å²) in [6, 6.07) is 10.9. The van der Waals surface area contributed by atoms with Crippen LogP contribution in [0.1, 0.15) is 10.4 Å². The number of hydrogen-bond donors (Lipinski definition) is 1. The van der Waals surface area contributed by atoms with E-state index in [2.05, 4.69) is 26.3 Å². The molecule has 23 heavy (non-hydrogen) atoms. The van der Waals surface area contributed by atoms with Crippen molar-refractivity contribution in [2.24, 2.45) is 0 Å². The molecule has 0 bridgehead atoms. The molecule has 0 atom stereocenters. The van der Waals surface area contributed by atoms with Gasteiger partial charge in [-0.1, -0.05) is 11.6 Å². The first-order valence-corrected chi connectivity index (χ1v) is 7.77. The van der Waals surface area contributed by atoms with Crippen LogP contribution in [0.5, 0.6) is 0 Å². The van der Waals surface area contributed by atoms with E-state index >= 15 is 0 Å². The molecule has 2 aromatic carbocycles. The largest absolute Gasteiger partial charge is 0.319 e. The summed E-state index contributed by atoms with van der Waals surface area (Å²) in [6.07, 6.45) is 3.47. The minimum atomic E-state index is -0.580. The maximum atomic E-state index is 13.7. The molecule has 0 saturated carbocycles. The normalized spacial score (nSPS) is 10.6. The van der Waals surface area contributed by atoms with Gasteiger partial charge in [0.05, 0.1) is 22.0 Å². The fourth-order valence-electron chi connectivity index (χ4n) is 1.99. The van der Waals surface area contributed by atoms with Crippen molar-refractivity contribution in [3.8, 4) is 5.69 Å². The fourth-order valence-corrected chi connectivity index (χ4v) is 2.44. The lowest BCUT2D eigenvalue weighted by atomic mass is 10.2. The van der Waals surface area contributed by atoms with E-state index < -0.39 is 11.7 Å². The summed E-state index contributed by atoms with van der Waals surface area (Å²) in [5, 5.41) is 6.94. The second kappa shape index (κ2) is 6.52. The zero-order chi connectivity index (χ0) is 16.4. The van der Waals surface area contributed by atoms with Gasteiger partial charge in [-0.25, -0.2) is 9.07 Å². The zero-order valence-corrected chi connectivity index (χ0v) is 14.0. The van der Waals surface area contributed by atoms with Gasteiger partial charge >= 0.3 is 0 Å². The van der Waals surface area contributed by atoms with Crippen LogP contribution in [0.15, 0.2) is 59.3 Å². The summed E-state index contributed by atoms with van der Waals surface area (Å²) in [6.45, 7) is 0. The molecule has 0 radical (unpaired) electrons. The smallest absolute Gasteiger partial charge is 0.255 e. The maximum Gasteiger partial charge on any atom is 0.255 e. The third kappa shape index (κ3) is 3.60. The summed E-state index contributed by atoms with van der Waals surface area (Å²) in [4.78, 5) is 12.2. The van der Waals surface area contributed by atoms with Crippen molar-refractivity contribution in [2.45, 2.75) is 0 Å². The molecule has 1 heterocycles. The highest BCUT2D eigenvalue weighted by Crippen LogP contribution is 2.20. The Morgan fingerprint density at radius 2 is 1.96 bits per heavy atom. The van der Waals surface area contributed by atoms with E-state index in [-0.39, 0.29) is 10.7 Å². The second-order valence-electron chi connectivity index (χ2n) is 4.73. The lowest BCUT2D eigenvalue weighted by Gasteiger charge is -2.07. The number of hydrogen-bond acceptors (Lipinski definition) is 2. The number of benzene rings is 2. The van der Waals surface area contributed by atoms with Crippen LogP contribution in [0.3, 0.4) is 0 Å². The third-order valence-corrected chi connectivity index (χ3v) is 3.77. The minimum Gasteiger partial charge on any atom is -0.319 e. The van der Waals surface area contributed by atoms with Crippen molar-refractivity contribution in [1.29, 1.82) is 0 Å². The number of carbonyl (C=O) groups excluding carboxylic acids is 1. The number of nitrogens with one attached hydrogen (secondary N) is 1. The van der Waals surface area contributed by atoms with Crippen molar-refractivity contribution >= 4 is 39.1 Å². The van der Waals surface area contributed by atoms with Crippen molar-refractivity contribution < 1.29 is 9.18 Å². The summed E-state index contributed by atoms with van der Waals surface area (Å²) >= 11 is 9.01. The molecule has 7 heteroatoms. The van der Waals surface area contributed by atoms with Crippen LogP contribution in [0.2, 0.25) is 5.02 Å². The summed E-state index contributed by atoms with van der Waals surface area (Å²) < 4.78 is 16.2. The SMILES string of the molecule is O=C(Nc1ccc(Cl)cc1F)c1ccc(-n2cc(Br)cn2)cc1. The lowest BCUT2D eigenvalue weighted by Crippen LogP contribution is -2.13. The standard InChI is InChI=1S/C16H10BrClFN3O/c17-11-8-20-22(9-11)13-4-1-10(2-5-13)16(23)21-15-6-3-12(18)7-14(15)19/h1-9H,(H,21,23). The summed E-state index contributed by atoms with van der Waals surface area (Å²) in [7, 11) is 0. The van der Waals surface area contributed by atoms with Gasteiger partial charge in [-0.15, -0.1) is 0 Å². The second-order valence-corrected chi connectivity index (χ2v) is 6.08. The average molecular weight is 395 g/mol. The highest BCUT2D eigenvalue weighted by molar-refractivity contribution is 9.10. The first-order valence-electron chi connectivity index (χ1n) is 6.60. The van der Waals surface area contributed by atoms with Gasteiger partial charge < -0.3 is 5.32 Å². The van der Waals surface area contributed by atoms with E-state index in [1.165, 1.54) is 12.1 Å². The Balaban J connectivity index is 1.77. The van der Waals surface area contributed by atoms with E-state index in [0.29, 0.717) is 5.56 Å². The number of aromatic nitrogens is 2. The predicted octanol–water partition coefficient (Wildman–Crippen LogP) is 4.68. The highest BCUT2D eigenvalue weighted by Gasteiger charge is 2.10. The van der Waals surface area contributed by atoms with Gasteiger partial charge in [-0.2, -0.15) is 5.10 Å². The number of anilines is 1. The molecular weight excluding hydrogens is 385 g/mol. The third-order valence-electron chi connectivity index (χ3n) is 3.12. The lowest BCUT2D eigenvalue weighted by molar-refractivity contribution is 0.102. The average Bonchev–Trinajstić information content (AvgIpc) is 2.97. The number of carbonyl (C=O) groups is 1. The Bertz CT molecular complexity index is 864. The molecule has 1 aromatic heterocycles. The van der Waals surface area contributed by atoms with Gasteiger partial charge in [0.1, 0.15) is 5.82 Å². The molecule has 1 amide bonds. The number of amides is 1. The van der Waals surface area contributed by atoms with Crippen molar-refractivity contribution in [2.75, 3.05) is 5.32 Å². The Labute approximate surface area is 145 Å². The van der Waals surface area contributed by atoms with Gasteiger partial charge in [-0.05, 0) is 58.4 Å². The fraction of sp³-hybridized carbons (Fsp3) is 0. The summed E-state index contributed by atoms with van der Waals surface area (Å²) in [5.41, 5.74) is 1.30. The van der Waals surface area contributed by atoms with Gasteiger partial charge in [0, 0.05) is 16.8 Å². The molecule has 0 aliphatic carbocycles. The molecule has 1 N–H and O–H groups in total. The van der Waals surface area contributed by atoms with E-state index in [9.17, 15) is 9.18 Å². The molecule has 0 fully saturated rings. The van der Waals surface area contributed by atoms with Crippen LogP contribution in [0.4, 0.5) is 10.1 Å². The highest BCUT2D eigenvalue weighted by atomic mass is 79.9. The molecule has 3 rings (SSSR count). The topological polar surface area (TPSA) is 46.9 Å². The molecule has 0 aliphatic rings. The van der Waals surface area contributed by atoms with Crippen LogP contribution >= 0.6 is 27.5 Å². The van der Waals surface area contributed by atoms with Crippen LogP contribution < -0.4 is 5.32 Å². The Morgan fingerprint density at radius 1 is 1.22 bits per heavy atom. The Morgan fingerprint density at radius 3 is 2.57 bits per heavy atom. The molecule has 0 unspecified atom stereocenters. The molecule has 0 spiro atoms. The van der Waals surface area contributed by atoms with Gasteiger partial charge in [0.25, 0.3) is 5.91 Å². The Kier molecular flexibility index (Phi) is 4.45. The van der Waals surface area contributed by atoms with Crippen molar-refractivity contribution in [3.63, 3.8) is 0 Å². The molecule has 3 aromatic rings. The van der Waals surface area contributed by atoms with Gasteiger partial charge in [0.2, 0.25) is 0 Å². The molecule has 0 saturated heterocycles. The zero-order valence-electron chi connectivity index (χ0n) is 11.6. The minimum absolute atomic E-state index is 0.0829. The van der Waals surface area contributed by atoms with Crippen molar-refractivity contribution in [1.82, 2.24) is 9.78 Å².